The van der Waals surface area contributed by atoms with Gasteiger partial charge in [0, 0.05) is 48.5 Å². The molecule has 1 aromatic heterocycles. The van der Waals surface area contributed by atoms with Crippen LogP contribution in [0.3, 0.4) is 0 Å². The Balaban J connectivity index is 1.14. The summed E-state index contributed by atoms with van der Waals surface area (Å²) < 4.78 is 32.4. The molecule has 0 radical (unpaired) electrons. The van der Waals surface area contributed by atoms with Gasteiger partial charge in [-0.25, -0.2) is 9.59 Å². The zero-order valence-electron chi connectivity index (χ0n) is 38.9. The number of carbonyl (C=O) groups excluding carboxylic acids is 2. The number of benzene rings is 4. The van der Waals surface area contributed by atoms with E-state index in [-0.39, 0.29) is 48.9 Å². The van der Waals surface area contributed by atoms with Crippen molar-refractivity contribution >= 4 is 22.9 Å². The summed E-state index contributed by atoms with van der Waals surface area (Å²) in [6.07, 6.45) is 6.71. The highest BCUT2D eigenvalue weighted by atomic mass is 16.6. The fraction of sp³-hybridized carbons (Fsp3) is 0.456. The maximum Gasteiger partial charge on any atom is 0.339 e. The fourth-order valence-electron chi connectivity index (χ4n) is 11.8. The van der Waals surface area contributed by atoms with E-state index in [0.717, 1.165) is 62.5 Å². The lowest BCUT2D eigenvalue weighted by Gasteiger charge is -2.48. The molecule has 1 N–H and O–H groups in total. The molecule has 346 valence electrons. The maximum absolute atomic E-state index is 15.1. The molecule has 66 heavy (non-hydrogen) atoms. The molecule has 10 rings (SSSR count). The van der Waals surface area contributed by atoms with Gasteiger partial charge in [-0.15, -0.1) is 0 Å². The smallest absolute Gasteiger partial charge is 0.339 e. The van der Waals surface area contributed by atoms with E-state index >= 15 is 4.79 Å². The number of aryl methyl sites for hydroxylation is 1. The molecule has 5 aliphatic rings. The molecule has 3 aliphatic heterocycles. The Bertz CT molecular complexity index is 2610. The number of allylic oxidation sites excluding steroid dienone is 1. The third-order valence-corrected chi connectivity index (χ3v) is 15.3. The van der Waals surface area contributed by atoms with Gasteiger partial charge in [0.15, 0.2) is 12.2 Å². The Labute approximate surface area is 388 Å². The van der Waals surface area contributed by atoms with Gasteiger partial charge in [-0.3, -0.25) is 4.79 Å². The summed E-state index contributed by atoms with van der Waals surface area (Å²) in [5.74, 6) is -0.485. The molecule has 9 nitrogen and oxygen atoms in total. The van der Waals surface area contributed by atoms with E-state index in [1.807, 2.05) is 39.0 Å². The number of aliphatic hydroxyl groups is 1. The zero-order chi connectivity index (χ0) is 46.0. The number of esters is 2. The minimum Gasteiger partial charge on any atom is -0.483 e. The summed E-state index contributed by atoms with van der Waals surface area (Å²) in [7, 11) is 1.56. The van der Waals surface area contributed by atoms with Crippen LogP contribution in [0.1, 0.15) is 148 Å². The highest BCUT2D eigenvalue weighted by Crippen LogP contribution is 2.53. The van der Waals surface area contributed by atoms with Crippen molar-refractivity contribution in [3.8, 4) is 5.75 Å². The van der Waals surface area contributed by atoms with Crippen LogP contribution >= 0.6 is 0 Å². The lowest BCUT2D eigenvalue weighted by Crippen LogP contribution is -2.58. The first-order chi connectivity index (χ1) is 32.0. The zero-order valence-corrected chi connectivity index (χ0v) is 38.9. The monoisotopic (exact) mass is 892 g/mol. The van der Waals surface area contributed by atoms with Gasteiger partial charge in [0.2, 0.25) is 0 Å². The minimum absolute atomic E-state index is 0.00266. The van der Waals surface area contributed by atoms with E-state index in [1.54, 1.807) is 13.2 Å². The summed E-state index contributed by atoms with van der Waals surface area (Å²) in [6, 6.07) is 33.7. The molecule has 2 fully saturated rings. The Morgan fingerprint density at radius 2 is 1.61 bits per heavy atom. The van der Waals surface area contributed by atoms with Gasteiger partial charge in [-0.2, -0.15) is 0 Å². The van der Waals surface area contributed by atoms with Crippen LogP contribution in [-0.2, 0) is 36.6 Å². The third-order valence-electron chi connectivity index (χ3n) is 15.3. The van der Waals surface area contributed by atoms with Crippen molar-refractivity contribution < 1.29 is 38.1 Å². The van der Waals surface area contributed by atoms with Crippen LogP contribution in [0.4, 0.5) is 0 Å². The van der Waals surface area contributed by atoms with Crippen molar-refractivity contribution in [1.29, 1.82) is 0 Å². The number of hydrogen-bond acceptors (Lipinski definition) is 9. The Kier molecular flexibility index (Phi) is 13.7. The summed E-state index contributed by atoms with van der Waals surface area (Å²) in [6.45, 7) is 5.95. The summed E-state index contributed by atoms with van der Waals surface area (Å²) >= 11 is 0. The van der Waals surface area contributed by atoms with Crippen LogP contribution in [0.15, 0.2) is 117 Å². The summed E-state index contributed by atoms with van der Waals surface area (Å²) in [5, 5.41) is 10.5. The number of hydrogen-bond donors (Lipinski definition) is 1. The molecular weight excluding hydrogens is 829 g/mol. The predicted octanol–water partition coefficient (Wildman–Crippen LogP) is 11.4. The van der Waals surface area contributed by atoms with Gasteiger partial charge < -0.3 is 28.5 Å². The molecule has 5 aromatic rings. The van der Waals surface area contributed by atoms with Crippen LogP contribution < -0.4 is 10.4 Å². The molecule has 0 saturated heterocycles. The van der Waals surface area contributed by atoms with Crippen molar-refractivity contribution in [2.45, 2.75) is 133 Å². The Hall–Kier alpha value is -5.51. The van der Waals surface area contributed by atoms with Crippen LogP contribution in [-0.4, -0.2) is 49.1 Å². The third kappa shape index (κ3) is 9.39. The SMILES string of the molecule is COCC(CCO)c1cc2ccc3c(c2oc1=O)C1OC(=O)CC2CC(c4cccc(Cc5ccccc5)c4)CCC2c2ccc(cc2)CCC(=C(C)C)C(=O)OC1C(C)(C1CCCC1)O3. The molecule has 4 aromatic carbocycles. The van der Waals surface area contributed by atoms with Crippen LogP contribution in [0.25, 0.3) is 11.0 Å². The fourth-order valence-corrected chi connectivity index (χ4v) is 11.8. The largest absolute Gasteiger partial charge is 0.483 e. The van der Waals surface area contributed by atoms with Crippen LogP contribution in [0.5, 0.6) is 5.75 Å². The Morgan fingerprint density at radius 1 is 0.833 bits per heavy atom. The average molecular weight is 893 g/mol. The van der Waals surface area contributed by atoms with Crippen molar-refractivity contribution in [1.82, 2.24) is 0 Å². The van der Waals surface area contributed by atoms with E-state index in [0.29, 0.717) is 47.1 Å². The number of rotatable bonds is 9. The standard InChI is InChI=1S/C57H64O9/c1-35(2)46-24-19-36-17-20-39(21-18-36)47-25-22-41(40-14-10-13-38(30-40)29-37-11-6-5-7-12-37)31-44(47)33-50(59)63-53-51-49(66-57(3,45-15-8-9-16-45)54(53)65-55(46)60)26-23-42-32-48(56(61)64-52(42)51)43(27-28-58)34-62-4/h5-7,10-14,17-18,20-21,23,26,30,32,41,43-45,47,53-54,58H,8-9,15-16,19,22,24-25,27-29,31,33-34H2,1-4H3. The lowest BCUT2D eigenvalue weighted by molar-refractivity contribution is -0.199. The quantitative estimate of drug-likeness (QED) is 0.0875. The first kappa shape index (κ1) is 45.6. The normalized spacial score (nSPS) is 25.3. The van der Waals surface area contributed by atoms with Crippen LogP contribution in [0.2, 0.25) is 0 Å². The second-order valence-corrected chi connectivity index (χ2v) is 19.8. The molecule has 9 heteroatoms. The van der Waals surface area contributed by atoms with Crippen molar-refractivity contribution in [2.24, 2.45) is 11.8 Å². The molecule has 2 aliphatic carbocycles. The van der Waals surface area contributed by atoms with Crippen molar-refractivity contribution in [3.05, 3.63) is 158 Å². The van der Waals surface area contributed by atoms with Gasteiger partial charge in [0.1, 0.15) is 16.9 Å². The molecule has 0 amide bonds. The maximum atomic E-state index is 15.1. The van der Waals surface area contributed by atoms with Gasteiger partial charge in [0.05, 0.1) is 12.2 Å². The second kappa shape index (κ2) is 19.8. The Morgan fingerprint density at radius 3 is 2.35 bits per heavy atom. The molecule has 0 spiro atoms. The van der Waals surface area contributed by atoms with E-state index in [9.17, 15) is 14.7 Å². The van der Waals surface area contributed by atoms with Crippen LogP contribution in [0, 0.1) is 11.8 Å². The second-order valence-electron chi connectivity index (χ2n) is 19.8. The molecular formula is C57H64O9. The lowest BCUT2D eigenvalue weighted by atomic mass is 9.68. The average Bonchev–Trinajstić information content (AvgIpc) is 3.87. The number of methoxy groups -OCH3 is 1. The van der Waals surface area contributed by atoms with Gasteiger partial charge in [-0.05, 0) is 142 Å². The van der Waals surface area contributed by atoms with E-state index in [4.69, 9.17) is 23.4 Å². The number of carbonyl (C=O) groups is 2. The van der Waals surface area contributed by atoms with E-state index in [2.05, 4.69) is 72.8 Å². The summed E-state index contributed by atoms with van der Waals surface area (Å²) in [4.78, 5) is 43.8. The molecule has 7 atom stereocenters. The number of fused-ring (bicyclic) bond motifs is 11. The van der Waals surface area contributed by atoms with Gasteiger partial charge in [0.25, 0.3) is 0 Å². The molecule has 2 bridgehead atoms. The molecule has 2 saturated carbocycles. The van der Waals surface area contributed by atoms with E-state index < -0.39 is 41.3 Å². The number of ether oxygens (including phenoxy) is 4. The van der Waals surface area contributed by atoms with Gasteiger partial charge >= 0.3 is 17.6 Å². The number of aliphatic hydroxyl groups excluding tert-OH is 1. The highest BCUT2D eigenvalue weighted by Gasteiger charge is 2.57. The van der Waals surface area contributed by atoms with E-state index in [1.165, 1.54) is 22.3 Å². The predicted molar refractivity (Wildman–Crippen MR) is 255 cm³/mol. The highest BCUT2D eigenvalue weighted by molar-refractivity contribution is 5.90. The van der Waals surface area contributed by atoms with Gasteiger partial charge in [-0.1, -0.05) is 97.3 Å². The first-order valence-corrected chi connectivity index (χ1v) is 24.2. The topological polar surface area (TPSA) is 122 Å². The first-order valence-electron chi connectivity index (χ1n) is 24.2. The summed E-state index contributed by atoms with van der Waals surface area (Å²) in [5.41, 5.74) is 6.93. The molecule has 4 heterocycles. The minimum atomic E-state index is -1.14. The van der Waals surface area contributed by atoms with Crippen molar-refractivity contribution in [2.75, 3.05) is 20.3 Å². The molecule has 7 unspecified atom stereocenters. The van der Waals surface area contributed by atoms with Crippen molar-refractivity contribution in [3.63, 3.8) is 0 Å².